The highest BCUT2D eigenvalue weighted by molar-refractivity contribution is 6.35. The summed E-state index contributed by atoms with van der Waals surface area (Å²) in [6.07, 6.45) is 3.97. The summed E-state index contributed by atoms with van der Waals surface area (Å²) in [6, 6.07) is 92.2. The van der Waals surface area contributed by atoms with Gasteiger partial charge in [0.2, 0.25) is 0 Å². The second kappa shape index (κ2) is 16.1. The molecule has 346 valence electrons. The van der Waals surface area contributed by atoms with E-state index in [0.29, 0.717) is 0 Å². The minimum Gasteiger partial charge on any atom is -0.310 e. The highest BCUT2D eigenvalue weighted by Gasteiger charge is 2.28. The zero-order valence-corrected chi connectivity index (χ0v) is 40.8. The van der Waals surface area contributed by atoms with Crippen LogP contribution in [0.5, 0.6) is 0 Å². The Morgan fingerprint density at radius 2 is 0.662 bits per heavy atom. The average molecular weight is 941 g/mol. The quantitative estimate of drug-likeness (QED) is 0.128. The number of fused-ring (bicyclic) bond motifs is 9. The predicted molar refractivity (Wildman–Crippen MR) is 315 cm³/mol. The van der Waals surface area contributed by atoms with Crippen LogP contribution >= 0.6 is 0 Å². The lowest BCUT2D eigenvalue weighted by atomic mass is 9.82. The summed E-state index contributed by atoms with van der Waals surface area (Å²) in [5.41, 5.74) is 17.7. The zero-order chi connectivity index (χ0) is 48.4. The molecule has 74 heavy (non-hydrogen) atoms. The summed E-state index contributed by atoms with van der Waals surface area (Å²) < 4.78 is 0. The fourth-order valence-corrected chi connectivity index (χ4v) is 13.4. The molecule has 14 aromatic carbocycles. The summed E-state index contributed by atoms with van der Waals surface area (Å²) in [5, 5.41) is 17.8. The molecule has 14 aromatic rings. The van der Waals surface area contributed by atoms with Gasteiger partial charge in [0.05, 0.1) is 0 Å². The Labute approximate surface area is 429 Å². The SMILES string of the molecule is c1ccc2c(c1)CCc1ccccc1N2c1ccc2c(-c3ccc4c5cccc6cccc(c7cccc3c74)c65)c3cc(N4c5ccccc5CCc5ccccc54)ccc3c(-c3ccc4ccccc4c3)c2c1. The van der Waals surface area contributed by atoms with Crippen molar-refractivity contribution in [3.05, 3.63) is 265 Å². The molecule has 0 unspecified atom stereocenters. The molecule has 0 N–H and O–H groups in total. The third-order valence-corrected chi connectivity index (χ3v) is 16.7. The van der Waals surface area contributed by atoms with Crippen LogP contribution in [0.25, 0.3) is 97.7 Å². The van der Waals surface area contributed by atoms with Crippen molar-refractivity contribution >= 4 is 110 Å². The molecule has 2 aliphatic heterocycles. The summed E-state index contributed by atoms with van der Waals surface area (Å²) in [7, 11) is 0. The van der Waals surface area contributed by atoms with Crippen LogP contribution in [-0.2, 0) is 25.7 Å². The first-order valence-corrected chi connectivity index (χ1v) is 26.2. The Morgan fingerprint density at radius 3 is 1.23 bits per heavy atom. The van der Waals surface area contributed by atoms with Gasteiger partial charge in [-0.2, -0.15) is 0 Å². The molecule has 2 heteroatoms. The van der Waals surface area contributed by atoms with Crippen molar-refractivity contribution < 1.29 is 0 Å². The third-order valence-electron chi connectivity index (χ3n) is 16.7. The van der Waals surface area contributed by atoms with Crippen LogP contribution < -0.4 is 9.80 Å². The molecule has 0 saturated carbocycles. The first kappa shape index (κ1) is 41.4. The van der Waals surface area contributed by atoms with Gasteiger partial charge in [-0.1, -0.05) is 188 Å². The minimum absolute atomic E-state index is 0.991. The number of anilines is 6. The summed E-state index contributed by atoms with van der Waals surface area (Å²) in [6.45, 7) is 0. The maximum Gasteiger partial charge on any atom is 0.0493 e. The summed E-state index contributed by atoms with van der Waals surface area (Å²) in [4.78, 5) is 5.07. The van der Waals surface area contributed by atoms with E-state index in [1.54, 1.807) is 0 Å². The lowest BCUT2D eigenvalue weighted by molar-refractivity contribution is 0.977. The fraction of sp³-hybridized carbons (Fsp3) is 0.0556. The smallest absolute Gasteiger partial charge is 0.0493 e. The topological polar surface area (TPSA) is 6.48 Å². The molecule has 16 rings (SSSR count). The van der Waals surface area contributed by atoms with E-state index in [1.807, 2.05) is 0 Å². The lowest BCUT2D eigenvalue weighted by Gasteiger charge is -2.29. The first-order chi connectivity index (χ1) is 36.7. The van der Waals surface area contributed by atoms with Crippen LogP contribution in [0.4, 0.5) is 34.1 Å². The maximum absolute atomic E-state index is 2.54. The van der Waals surface area contributed by atoms with Crippen molar-refractivity contribution in [2.24, 2.45) is 0 Å². The Hall–Kier alpha value is -9.24. The zero-order valence-electron chi connectivity index (χ0n) is 40.8. The average Bonchev–Trinajstić information content (AvgIpc) is 3.74. The van der Waals surface area contributed by atoms with Crippen LogP contribution in [0.1, 0.15) is 22.3 Å². The molecule has 0 bridgehead atoms. The Bertz CT molecular complexity index is 4490. The monoisotopic (exact) mass is 940 g/mol. The van der Waals surface area contributed by atoms with Gasteiger partial charge >= 0.3 is 0 Å². The predicted octanol–water partition coefficient (Wildman–Crippen LogP) is 19.7. The second-order valence-corrected chi connectivity index (χ2v) is 20.6. The van der Waals surface area contributed by atoms with Crippen molar-refractivity contribution in [3.63, 3.8) is 0 Å². The van der Waals surface area contributed by atoms with Gasteiger partial charge in [-0.05, 0) is 200 Å². The van der Waals surface area contributed by atoms with Gasteiger partial charge in [0.25, 0.3) is 0 Å². The van der Waals surface area contributed by atoms with Crippen molar-refractivity contribution in [3.8, 4) is 22.3 Å². The molecule has 0 spiro atoms. The van der Waals surface area contributed by atoms with Gasteiger partial charge < -0.3 is 9.80 Å². The van der Waals surface area contributed by atoms with E-state index < -0.39 is 0 Å². The van der Waals surface area contributed by atoms with E-state index >= 15 is 0 Å². The molecule has 2 nitrogen and oxygen atoms in total. The number of hydrogen-bond acceptors (Lipinski definition) is 2. The summed E-state index contributed by atoms with van der Waals surface area (Å²) in [5.74, 6) is 0. The largest absolute Gasteiger partial charge is 0.310 e. The van der Waals surface area contributed by atoms with E-state index in [1.165, 1.54) is 143 Å². The standard InChI is InChI=1S/C72H48N2/c1-2-19-51-42-52(35-30-45(51)14-1)70-61-38-36-54(74-67-28-9-5-17-48(67)33-34-49-18-6-10-29-68(49)74)44-64(61)72(60-41-40-59-56-23-12-21-50-20-11-22-55(69(50)56)57-24-13-25-58(60)71(57)59)62-39-37-53(43-63(62)70)73-65-26-7-3-15-46(65)31-32-47-16-4-8-27-66(47)73/h1-30,35-44H,31-34H2. The van der Waals surface area contributed by atoms with E-state index in [-0.39, 0.29) is 0 Å². The van der Waals surface area contributed by atoms with Crippen molar-refractivity contribution in [1.29, 1.82) is 0 Å². The highest BCUT2D eigenvalue weighted by Crippen LogP contribution is 2.53. The van der Waals surface area contributed by atoms with Gasteiger partial charge in [-0.25, -0.2) is 0 Å². The van der Waals surface area contributed by atoms with Gasteiger partial charge in [0, 0.05) is 34.1 Å². The molecule has 2 aliphatic rings. The third kappa shape index (κ3) is 6.12. The molecule has 0 radical (unpaired) electrons. The van der Waals surface area contributed by atoms with E-state index in [0.717, 1.165) is 37.1 Å². The number of hydrogen-bond donors (Lipinski definition) is 0. The Morgan fingerprint density at radius 1 is 0.243 bits per heavy atom. The van der Waals surface area contributed by atoms with Crippen molar-refractivity contribution in [2.75, 3.05) is 9.80 Å². The molecule has 0 aromatic heterocycles. The number of aryl methyl sites for hydroxylation is 4. The van der Waals surface area contributed by atoms with Crippen LogP contribution in [0, 0.1) is 0 Å². The molecule has 0 atom stereocenters. The normalized spacial score (nSPS) is 13.4. The Kier molecular flexibility index (Phi) is 9.02. The minimum atomic E-state index is 0.991. The van der Waals surface area contributed by atoms with Gasteiger partial charge in [-0.3, -0.25) is 0 Å². The van der Waals surface area contributed by atoms with E-state index in [2.05, 4.69) is 252 Å². The second-order valence-electron chi connectivity index (χ2n) is 20.6. The van der Waals surface area contributed by atoms with Gasteiger partial charge in [0.1, 0.15) is 0 Å². The number of benzene rings is 14. The maximum atomic E-state index is 2.54. The number of para-hydroxylation sites is 4. The molecule has 0 amide bonds. The fourth-order valence-electron chi connectivity index (χ4n) is 13.4. The molecule has 0 aliphatic carbocycles. The van der Waals surface area contributed by atoms with E-state index in [9.17, 15) is 0 Å². The molecule has 0 fully saturated rings. The van der Waals surface area contributed by atoms with Crippen molar-refractivity contribution in [2.45, 2.75) is 25.7 Å². The van der Waals surface area contributed by atoms with Gasteiger partial charge in [0.15, 0.2) is 0 Å². The summed E-state index contributed by atoms with van der Waals surface area (Å²) >= 11 is 0. The lowest BCUT2D eigenvalue weighted by Crippen LogP contribution is -2.12. The number of nitrogens with zero attached hydrogens (tertiary/aromatic N) is 2. The molecular formula is C72H48N2. The van der Waals surface area contributed by atoms with Crippen LogP contribution in [-0.4, -0.2) is 0 Å². The molecule has 2 heterocycles. The van der Waals surface area contributed by atoms with E-state index in [4.69, 9.17) is 0 Å². The molecule has 0 saturated heterocycles. The Balaban J connectivity index is 1.07. The number of rotatable bonds is 4. The van der Waals surface area contributed by atoms with Crippen molar-refractivity contribution in [1.82, 2.24) is 0 Å². The highest BCUT2D eigenvalue weighted by atomic mass is 15.2. The van der Waals surface area contributed by atoms with Crippen LogP contribution in [0.2, 0.25) is 0 Å². The van der Waals surface area contributed by atoms with Gasteiger partial charge in [-0.15, -0.1) is 0 Å². The first-order valence-electron chi connectivity index (χ1n) is 26.2. The molecular weight excluding hydrogens is 893 g/mol. The van der Waals surface area contributed by atoms with Crippen LogP contribution in [0.15, 0.2) is 243 Å². The van der Waals surface area contributed by atoms with Crippen LogP contribution in [0.3, 0.4) is 0 Å².